The number of aliphatic carboxylic acids is 1. The van der Waals surface area contributed by atoms with Crippen molar-refractivity contribution in [3.05, 3.63) is 41.5 Å². The molecule has 1 N–H and O–H groups in total. The molecule has 0 radical (unpaired) electrons. The van der Waals surface area contributed by atoms with Gasteiger partial charge in [-0.3, -0.25) is 4.79 Å². The fourth-order valence-corrected chi connectivity index (χ4v) is 4.02. The lowest BCUT2D eigenvalue weighted by molar-refractivity contribution is -0.141. The van der Waals surface area contributed by atoms with E-state index in [1.165, 1.54) is 6.07 Å². The van der Waals surface area contributed by atoms with Crippen LogP contribution in [0.15, 0.2) is 35.2 Å². The Balaban J connectivity index is 2.57. The Labute approximate surface area is 123 Å². The van der Waals surface area contributed by atoms with Crippen molar-refractivity contribution < 1.29 is 18.3 Å². The quantitative estimate of drug-likeness (QED) is 0.848. The Morgan fingerprint density at radius 1 is 1.43 bits per heavy atom. The van der Waals surface area contributed by atoms with E-state index in [1.807, 2.05) is 6.07 Å². The van der Waals surface area contributed by atoms with Gasteiger partial charge in [0.05, 0.1) is 5.56 Å². The SMILES string of the molecule is Cc1cccc(S(=O)(=O)N2CC=CCC2C(=O)O)c1C#N. The van der Waals surface area contributed by atoms with Crippen molar-refractivity contribution in [2.45, 2.75) is 24.3 Å². The van der Waals surface area contributed by atoms with E-state index in [0.717, 1.165) is 4.31 Å². The molecule has 2 rings (SSSR count). The number of carboxylic acid groups (broad SMARTS) is 1. The molecular weight excluding hydrogens is 292 g/mol. The molecule has 0 aliphatic carbocycles. The van der Waals surface area contributed by atoms with E-state index < -0.39 is 22.0 Å². The van der Waals surface area contributed by atoms with Crippen molar-refractivity contribution in [2.75, 3.05) is 6.54 Å². The van der Waals surface area contributed by atoms with Crippen LogP contribution in [0.3, 0.4) is 0 Å². The first-order valence-electron chi connectivity index (χ1n) is 6.29. The highest BCUT2D eigenvalue weighted by atomic mass is 32.2. The molecule has 0 bridgehead atoms. The monoisotopic (exact) mass is 306 g/mol. The highest BCUT2D eigenvalue weighted by Crippen LogP contribution is 2.26. The smallest absolute Gasteiger partial charge is 0.322 e. The van der Waals surface area contributed by atoms with E-state index >= 15 is 0 Å². The molecule has 1 aliphatic heterocycles. The molecule has 0 saturated carbocycles. The minimum Gasteiger partial charge on any atom is -0.480 e. The predicted octanol–water partition coefficient (Wildman–Crippen LogP) is 1.27. The molecule has 0 fully saturated rings. The number of nitrogens with zero attached hydrogens (tertiary/aromatic N) is 2. The normalized spacial score (nSPS) is 19.1. The molecule has 1 atom stereocenters. The standard InChI is InChI=1S/C14H14N2O4S/c1-10-5-4-7-13(11(10)9-15)21(19,20)16-8-3-2-6-12(16)14(17)18/h2-5,7,12H,6,8H2,1H3,(H,17,18). The molecule has 0 saturated heterocycles. The van der Waals surface area contributed by atoms with Crippen LogP contribution in [0.2, 0.25) is 0 Å². The van der Waals surface area contributed by atoms with Crippen LogP contribution in [-0.4, -0.2) is 36.4 Å². The average molecular weight is 306 g/mol. The number of rotatable bonds is 3. The average Bonchev–Trinajstić information content (AvgIpc) is 2.46. The summed E-state index contributed by atoms with van der Waals surface area (Å²) in [4.78, 5) is 11.1. The zero-order valence-electron chi connectivity index (χ0n) is 11.4. The third-order valence-corrected chi connectivity index (χ3v) is 5.29. The molecule has 0 amide bonds. The summed E-state index contributed by atoms with van der Waals surface area (Å²) in [5, 5.41) is 18.4. The zero-order chi connectivity index (χ0) is 15.6. The maximum Gasteiger partial charge on any atom is 0.322 e. The van der Waals surface area contributed by atoms with Gasteiger partial charge in [0.15, 0.2) is 0 Å². The number of benzene rings is 1. The summed E-state index contributed by atoms with van der Waals surface area (Å²) in [5.41, 5.74) is 0.592. The maximum absolute atomic E-state index is 12.7. The van der Waals surface area contributed by atoms with E-state index in [9.17, 15) is 23.6 Å². The van der Waals surface area contributed by atoms with Gasteiger partial charge in [0.25, 0.3) is 0 Å². The van der Waals surface area contributed by atoms with Gasteiger partial charge in [-0.1, -0.05) is 24.3 Å². The molecule has 7 heteroatoms. The number of carbonyl (C=O) groups is 1. The summed E-state index contributed by atoms with van der Waals surface area (Å²) in [6.45, 7) is 1.63. The molecular formula is C14H14N2O4S. The molecule has 0 aromatic heterocycles. The van der Waals surface area contributed by atoms with E-state index in [0.29, 0.717) is 5.56 Å². The van der Waals surface area contributed by atoms with E-state index in [2.05, 4.69) is 0 Å². The molecule has 1 unspecified atom stereocenters. The van der Waals surface area contributed by atoms with Crippen molar-refractivity contribution in [1.29, 1.82) is 5.26 Å². The predicted molar refractivity (Wildman–Crippen MR) is 75.0 cm³/mol. The Hall–Kier alpha value is -2.17. The summed E-state index contributed by atoms with van der Waals surface area (Å²) in [5.74, 6) is -1.20. The molecule has 0 spiro atoms. The van der Waals surface area contributed by atoms with Crippen molar-refractivity contribution in [3.8, 4) is 6.07 Å². The van der Waals surface area contributed by atoms with Crippen LogP contribution >= 0.6 is 0 Å². The third kappa shape index (κ3) is 2.68. The summed E-state index contributed by atoms with van der Waals surface area (Å²) < 4.78 is 26.3. The fourth-order valence-electron chi connectivity index (χ4n) is 2.26. The van der Waals surface area contributed by atoms with Gasteiger partial charge in [0.2, 0.25) is 10.0 Å². The third-order valence-electron chi connectivity index (χ3n) is 3.38. The number of hydrogen-bond acceptors (Lipinski definition) is 4. The van der Waals surface area contributed by atoms with Crippen LogP contribution in [0, 0.1) is 18.3 Å². The fraction of sp³-hybridized carbons (Fsp3) is 0.286. The number of aryl methyl sites for hydroxylation is 1. The molecule has 6 nitrogen and oxygen atoms in total. The first kappa shape index (κ1) is 15.2. The second-order valence-corrected chi connectivity index (χ2v) is 6.55. The first-order valence-corrected chi connectivity index (χ1v) is 7.73. The summed E-state index contributed by atoms with van der Waals surface area (Å²) in [7, 11) is -4.04. The van der Waals surface area contributed by atoms with Gasteiger partial charge < -0.3 is 5.11 Å². The van der Waals surface area contributed by atoms with Crippen LogP contribution in [-0.2, 0) is 14.8 Å². The molecule has 1 aliphatic rings. The Bertz CT molecular complexity index is 747. The Kier molecular flexibility index (Phi) is 4.11. The lowest BCUT2D eigenvalue weighted by atomic mass is 10.1. The number of nitriles is 1. The molecule has 1 aromatic carbocycles. The van der Waals surface area contributed by atoms with Gasteiger partial charge in [-0.25, -0.2) is 8.42 Å². The minimum absolute atomic E-state index is 0.0158. The summed E-state index contributed by atoms with van der Waals surface area (Å²) in [6, 6.07) is 5.25. The van der Waals surface area contributed by atoms with Crippen LogP contribution < -0.4 is 0 Å². The summed E-state index contributed by atoms with van der Waals surface area (Å²) >= 11 is 0. The summed E-state index contributed by atoms with van der Waals surface area (Å²) in [6.07, 6.45) is 3.37. The highest BCUT2D eigenvalue weighted by molar-refractivity contribution is 7.89. The maximum atomic E-state index is 12.7. The zero-order valence-corrected chi connectivity index (χ0v) is 12.2. The first-order chi connectivity index (χ1) is 9.89. The van der Waals surface area contributed by atoms with Crippen LogP contribution in [0.25, 0.3) is 0 Å². The van der Waals surface area contributed by atoms with Gasteiger partial charge in [-0.05, 0) is 25.0 Å². The van der Waals surface area contributed by atoms with E-state index in [-0.39, 0.29) is 23.4 Å². The second kappa shape index (κ2) is 5.68. The second-order valence-electron chi connectivity index (χ2n) is 4.70. The van der Waals surface area contributed by atoms with Gasteiger partial charge in [0, 0.05) is 6.54 Å². The highest BCUT2D eigenvalue weighted by Gasteiger charge is 2.37. The van der Waals surface area contributed by atoms with Crippen LogP contribution in [0.4, 0.5) is 0 Å². The number of sulfonamides is 1. The van der Waals surface area contributed by atoms with E-state index in [4.69, 9.17) is 0 Å². The van der Waals surface area contributed by atoms with Gasteiger partial charge in [-0.15, -0.1) is 0 Å². The van der Waals surface area contributed by atoms with Crippen molar-refractivity contribution in [3.63, 3.8) is 0 Å². The lowest BCUT2D eigenvalue weighted by Gasteiger charge is -2.29. The molecule has 21 heavy (non-hydrogen) atoms. The van der Waals surface area contributed by atoms with Crippen molar-refractivity contribution in [2.24, 2.45) is 0 Å². The molecule has 110 valence electrons. The largest absolute Gasteiger partial charge is 0.480 e. The van der Waals surface area contributed by atoms with Gasteiger partial charge in [-0.2, -0.15) is 9.57 Å². The Morgan fingerprint density at radius 3 is 2.76 bits per heavy atom. The minimum atomic E-state index is -4.04. The van der Waals surface area contributed by atoms with Crippen molar-refractivity contribution >= 4 is 16.0 Å². The van der Waals surface area contributed by atoms with Crippen molar-refractivity contribution in [1.82, 2.24) is 4.31 Å². The van der Waals surface area contributed by atoms with Gasteiger partial charge >= 0.3 is 5.97 Å². The number of hydrogen-bond donors (Lipinski definition) is 1. The lowest BCUT2D eigenvalue weighted by Crippen LogP contribution is -2.46. The molecule has 1 aromatic rings. The molecule has 1 heterocycles. The number of carboxylic acids is 1. The van der Waals surface area contributed by atoms with Gasteiger partial charge in [0.1, 0.15) is 17.0 Å². The van der Waals surface area contributed by atoms with E-state index in [1.54, 1.807) is 31.2 Å². The topological polar surface area (TPSA) is 98.5 Å². The van der Waals surface area contributed by atoms with Crippen LogP contribution in [0.1, 0.15) is 17.5 Å². The Morgan fingerprint density at radius 2 is 2.14 bits per heavy atom. The van der Waals surface area contributed by atoms with Crippen LogP contribution in [0.5, 0.6) is 0 Å².